The Labute approximate surface area is 168 Å². The first-order valence-electron chi connectivity index (χ1n) is 11.4. The molecule has 1 aromatic rings. The molecule has 0 aromatic carbocycles. The van der Waals surface area contributed by atoms with Crippen molar-refractivity contribution in [2.24, 2.45) is 23.7 Å². The Bertz CT molecular complexity index is 678. The maximum atomic E-state index is 13.0. The zero-order valence-corrected chi connectivity index (χ0v) is 17.2. The van der Waals surface area contributed by atoms with Crippen LogP contribution in [-0.2, 0) is 6.54 Å². The molecule has 1 saturated heterocycles. The van der Waals surface area contributed by atoms with Gasteiger partial charge in [-0.15, -0.1) is 0 Å². The lowest BCUT2D eigenvalue weighted by atomic mass is 9.54. The summed E-state index contributed by atoms with van der Waals surface area (Å²) in [5.74, 6) is 3.41. The predicted octanol–water partition coefficient (Wildman–Crippen LogP) is 2.04. The molecular formula is C22H35N5O. The molecule has 6 nitrogen and oxygen atoms in total. The fourth-order valence-electron chi connectivity index (χ4n) is 6.65. The van der Waals surface area contributed by atoms with Gasteiger partial charge in [0.25, 0.3) is 5.91 Å². The molecule has 4 bridgehead atoms. The number of rotatable bonds is 5. The molecule has 0 unspecified atom stereocenters. The number of hydrogen-bond donors (Lipinski definition) is 2. The summed E-state index contributed by atoms with van der Waals surface area (Å²) in [6.07, 6.45) is 9.78. The van der Waals surface area contributed by atoms with Crippen molar-refractivity contribution in [3.63, 3.8) is 0 Å². The fourth-order valence-corrected chi connectivity index (χ4v) is 6.65. The van der Waals surface area contributed by atoms with Gasteiger partial charge in [-0.2, -0.15) is 5.10 Å². The Balaban J connectivity index is 1.20. The summed E-state index contributed by atoms with van der Waals surface area (Å²) in [4.78, 5) is 15.5. The van der Waals surface area contributed by atoms with Gasteiger partial charge in [-0.3, -0.25) is 9.48 Å². The molecule has 0 atom stereocenters. The van der Waals surface area contributed by atoms with E-state index in [2.05, 4.69) is 20.6 Å². The molecule has 28 heavy (non-hydrogen) atoms. The molecule has 1 aliphatic heterocycles. The quantitative estimate of drug-likeness (QED) is 0.814. The molecule has 4 aliphatic carbocycles. The molecule has 5 fully saturated rings. The van der Waals surface area contributed by atoms with E-state index in [1.807, 2.05) is 11.6 Å². The molecule has 1 amide bonds. The van der Waals surface area contributed by atoms with E-state index in [1.54, 1.807) is 6.20 Å². The second-order valence-corrected chi connectivity index (χ2v) is 9.74. The van der Waals surface area contributed by atoms with Crippen molar-refractivity contribution in [1.29, 1.82) is 0 Å². The maximum Gasteiger partial charge on any atom is 0.254 e. The van der Waals surface area contributed by atoms with E-state index in [0.29, 0.717) is 17.9 Å². The van der Waals surface area contributed by atoms with Gasteiger partial charge in [-0.05, 0) is 82.2 Å². The third kappa shape index (κ3) is 3.61. The van der Waals surface area contributed by atoms with E-state index in [9.17, 15) is 4.79 Å². The van der Waals surface area contributed by atoms with Crippen LogP contribution in [0.3, 0.4) is 0 Å². The standard InChI is InChI=1S/C22H35N5O/c1-15-20(14-24-27(15)8-7-26-5-2-3-23-4-6-26)22(28)25-21-18-10-16-9-17(12-18)13-19(21)11-16/h14,16-19,21,23H,2-13H2,1H3,(H,25,28). The lowest BCUT2D eigenvalue weighted by molar-refractivity contribution is -0.0119. The van der Waals surface area contributed by atoms with Crippen molar-refractivity contribution in [1.82, 2.24) is 25.3 Å². The maximum absolute atomic E-state index is 13.0. The van der Waals surface area contributed by atoms with Crippen molar-refractivity contribution in [2.75, 3.05) is 32.7 Å². The average Bonchev–Trinajstić information content (AvgIpc) is 2.88. The number of amides is 1. The van der Waals surface area contributed by atoms with Crippen LogP contribution in [0.25, 0.3) is 0 Å². The average molecular weight is 386 g/mol. The van der Waals surface area contributed by atoms with E-state index in [0.717, 1.165) is 62.4 Å². The highest BCUT2D eigenvalue weighted by molar-refractivity contribution is 5.95. The van der Waals surface area contributed by atoms with Crippen molar-refractivity contribution < 1.29 is 4.79 Å². The summed E-state index contributed by atoms with van der Waals surface area (Å²) >= 11 is 0. The summed E-state index contributed by atoms with van der Waals surface area (Å²) in [6.45, 7) is 8.33. The Morgan fingerprint density at radius 2 is 1.86 bits per heavy atom. The Kier molecular flexibility index (Phi) is 5.18. The monoisotopic (exact) mass is 385 g/mol. The zero-order valence-electron chi connectivity index (χ0n) is 17.2. The van der Waals surface area contributed by atoms with E-state index in [4.69, 9.17) is 0 Å². The smallest absolute Gasteiger partial charge is 0.254 e. The summed E-state index contributed by atoms with van der Waals surface area (Å²) < 4.78 is 2.02. The van der Waals surface area contributed by atoms with Crippen LogP contribution in [0, 0.1) is 30.6 Å². The van der Waals surface area contributed by atoms with Gasteiger partial charge in [0.2, 0.25) is 0 Å². The first kappa shape index (κ1) is 18.6. The predicted molar refractivity (Wildman–Crippen MR) is 109 cm³/mol. The lowest BCUT2D eigenvalue weighted by Gasteiger charge is -2.54. The van der Waals surface area contributed by atoms with Crippen LogP contribution < -0.4 is 10.6 Å². The molecule has 5 aliphatic rings. The molecule has 6 heteroatoms. The molecular weight excluding hydrogens is 350 g/mol. The highest BCUT2D eigenvalue weighted by Crippen LogP contribution is 2.53. The summed E-state index contributed by atoms with van der Waals surface area (Å²) in [6, 6.07) is 0.396. The first-order valence-corrected chi connectivity index (χ1v) is 11.4. The van der Waals surface area contributed by atoms with Gasteiger partial charge in [0.05, 0.1) is 18.3 Å². The molecule has 4 saturated carbocycles. The van der Waals surface area contributed by atoms with Gasteiger partial charge < -0.3 is 15.5 Å². The van der Waals surface area contributed by atoms with Crippen molar-refractivity contribution in [3.8, 4) is 0 Å². The van der Waals surface area contributed by atoms with Gasteiger partial charge in [-0.1, -0.05) is 0 Å². The second kappa shape index (κ2) is 7.79. The molecule has 1 aromatic heterocycles. The van der Waals surface area contributed by atoms with Gasteiger partial charge in [0.15, 0.2) is 0 Å². The van der Waals surface area contributed by atoms with E-state index in [-0.39, 0.29) is 5.91 Å². The molecule has 6 rings (SSSR count). The number of hydrogen-bond acceptors (Lipinski definition) is 4. The summed E-state index contributed by atoms with van der Waals surface area (Å²) in [7, 11) is 0. The first-order chi connectivity index (χ1) is 13.7. The highest BCUT2D eigenvalue weighted by Gasteiger charge is 2.48. The van der Waals surface area contributed by atoms with E-state index < -0.39 is 0 Å². The number of aromatic nitrogens is 2. The van der Waals surface area contributed by atoms with Crippen LogP contribution in [0.2, 0.25) is 0 Å². The van der Waals surface area contributed by atoms with Gasteiger partial charge in [-0.25, -0.2) is 0 Å². The third-order valence-corrected chi connectivity index (χ3v) is 7.93. The summed E-state index contributed by atoms with van der Waals surface area (Å²) in [5, 5.41) is 11.4. The minimum Gasteiger partial charge on any atom is -0.349 e. The van der Waals surface area contributed by atoms with Gasteiger partial charge in [0, 0.05) is 31.4 Å². The van der Waals surface area contributed by atoms with Crippen LogP contribution in [0.4, 0.5) is 0 Å². The topological polar surface area (TPSA) is 62.2 Å². The minimum absolute atomic E-state index is 0.0974. The van der Waals surface area contributed by atoms with E-state index in [1.165, 1.54) is 38.5 Å². The molecule has 2 heterocycles. The Morgan fingerprint density at radius 3 is 2.61 bits per heavy atom. The number of carbonyl (C=O) groups is 1. The van der Waals surface area contributed by atoms with Crippen molar-refractivity contribution in [3.05, 3.63) is 17.5 Å². The van der Waals surface area contributed by atoms with Gasteiger partial charge >= 0.3 is 0 Å². The zero-order chi connectivity index (χ0) is 19.1. The lowest BCUT2D eigenvalue weighted by Crippen LogP contribution is -2.55. The largest absolute Gasteiger partial charge is 0.349 e. The second-order valence-electron chi connectivity index (χ2n) is 9.74. The van der Waals surface area contributed by atoms with Crippen LogP contribution >= 0.6 is 0 Å². The molecule has 0 radical (unpaired) electrons. The number of nitrogens with zero attached hydrogens (tertiary/aromatic N) is 3. The van der Waals surface area contributed by atoms with Crippen LogP contribution in [0.15, 0.2) is 6.20 Å². The number of nitrogens with one attached hydrogen (secondary N) is 2. The molecule has 154 valence electrons. The van der Waals surface area contributed by atoms with Crippen molar-refractivity contribution in [2.45, 2.75) is 58.0 Å². The van der Waals surface area contributed by atoms with Crippen molar-refractivity contribution >= 4 is 5.91 Å². The minimum atomic E-state index is 0.0974. The Hall–Kier alpha value is -1.40. The molecule has 2 N–H and O–H groups in total. The van der Waals surface area contributed by atoms with Crippen LogP contribution in [0.1, 0.15) is 54.6 Å². The Morgan fingerprint density at radius 1 is 1.11 bits per heavy atom. The van der Waals surface area contributed by atoms with Crippen LogP contribution in [-0.4, -0.2) is 59.4 Å². The third-order valence-electron chi connectivity index (χ3n) is 7.93. The fraction of sp³-hybridized carbons (Fsp3) is 0.818. The van der Waals surface area contributed by atoms with Crippen LogP contribution in [0.5, 0.6) is 0 Å². The SMILES string of the molecule is Cc1c(C(=O)NC2C3CC4CC(C3)CC2C4)cnn1CCN1CCCNCC1. The molecule has 0 spiro atoms. The van der Waals surface area contributed by atoms with E-state index >= 15 is 0 Å². The normalized spacial score (nSPS) is 35.1. The summed E-state index contributed by atoms with van der Waals surface area (Å²) in [5.41, 5.74) is 1.78. The number of carbonyl (C=O) groups excluding carboxylic acids is 1. The highest BCUT2D eigenvalue weighted by atomic mass is 16.1. The van der Waals surface area contributed by atoms with Gasteiger partial charge in [0.1, 0.15) is 0 Å².